The number of aromatic amines is 1. The number of Topliss-reactive ketones (excluding diaryl/α,β-unsaturated/α-hetero) is 1. The molecule has 1 unspecified atom stereocenters. The Hall–Kier alpha value is -3.00. The van der Waals surface area contributed by atoms with E-state index in [0.717, 1.165) is 48.4 Å². The van der Waals surface area contributed by atoms with Crippen molar-refractivity contribution >= 4 is 29.7 Å². The lowest BCUT2D eigenvalue weighted by atomic mass is 9.99. The van der Waals surface area contributed by atoms with Gasteiger partial charge >= 0.3 is 0 Å². The molecule has 146 valence electrons. The molecule has 4 heterocycles. The summed E-state index contributed by atoms with van der Waals surface area (Å²) in [6, 6.07) is 0. The summed E-state index contributed by atoms with van der Waals surface area (Å²) in [6.45, 7) is 6.32. The predicted octanol–water partition coefficient (Wildman–Crippen LogP) is 1.50. The number of hydrazone groups is 1. The van der Waals surface area contributed by atoms with Crippen molar-refractivity contribution in [3.05, 3.63) is 40.6 Å². The van der Waals surface area contributed by atoms with E-state index in [9.17, 15) is 9.59 Å². The Morgan fingerprint density at radius 1 is 1.32 bits per heavy atom. The second kappa shape index (κ2) is 7.55. The van der Waals surface area contributed by atoms with Gasteiger partial charge in [-0.1, -0.05) is 0 Å². The summed E-state index contributed by atoms with van der Waals surface area (Å²) in [7, 11) is 0. The average Bonchev–Trinajstić information content (AvgIpc) is 3.38. The first kappa shape index (κ1) is 18.4. The standard InChI is InChI=1S/C20H24N6O2/c1-12-15(24-13(2)18(12)17(27)11-26-7-3-4-8-26)9-16-19(22-6-5-21-16)14-10-23-25-20(14)28/h5-6,9-10,14,21,24H,3-4,7-8,11H2,1-2H3,(H,25,28). The number of ketones is 1. The van der Waals surface area contributed by atoms with Crippen molar-refractivity contribution in [2.45, 2.75) is 26.7 Å². The van der Waals surface area contributed by atoms with E-state index in [1.54, 1.807) is 18.6 Å². The van der Waals surface area contributed by atoms with Crippen molar-refractivity contribution in [2.75, 3.05) is 19.6 Å². The highest BCUT2D eigenvalue weighted by Crippen LogP contribution is 2.23. The van der Waals surface area contributed by atoms with Gasteiger partial charge in [-0.3, -0.25) is 19.5 Å². The summed E-state index contributed by atoms with van der Waals surface area (Å²) < 4.78 is 0. The lowest BCUT2D eigenvalue weighted by Gasteiger charge is -2.16. The summed E-state index contributed by atoms with van der Waals surface area (Å²) >= 11 is 0. The van der Waals surface area contributed by atoms with Crippen molar-refractivity contribution in [2.24, 2.45) is 16.0 Å². The molecular formula is C20H24N6O2. The Morgan fingerprint density at radius 2 is 2.11 bits per heavy atom. The van der Waals surface area contributed by atoms with E-state index >= 15 is 0 Å². The van der Waals surface area contributed by atoms with Gasteiger partial charge in [-0.15, -0.1) is 0 Å². The molecule has 8 nitrogen and oxygen atoms in total. The van der Waals surface area contributed by atoms with Gasteiger partial charge in [0.05, 0.1) is 18.0 Å². The first-order valence-corrected chi connectivity index (χ1v) is 9.53. The number of nitrogens with one attached hydrogen (secondary N) is 3. The number of allylic oxidation sites excluding steroid dienone is 1. The maximum Gasteiger partial charge on any atom is 0.254 e. The molecule has 1 saturated heterocycles. The van der Waals surface area contributed by atoms with Crippen LogP contribution in [-0.4, -0.2) is 53.1 Å². The van der Waals surface area contributed by atoms with Crippen LogP contribution in [0.15, 0.2) is 28.2 Å². The monoisotopic (exact) mass is 380 g/mol. The number of aryl methyl sites for hydroxylation is 1. The van der Waals surface area contributed by atoms with Crippen molar-refractivity contribution in [3.63, 3.8) is 0 Å². The third-order valence-corrected chi connectivity index (χ3v) is 5.39. The number of aliphatic imine (C=N–C) groups is 1. The van der Waals surface area contributed by atoms with Crippen LogP contribution in [0.25, 0.3) is 6.08 Å². The molecule has 0 radical (unpaired) electrons. The van der Waals surface area contributed by atoms with Crippen molar-refractivity contribution < 1.29 is 9.59 Å². The van der Waals surface area contributed by atoms with Gasteiger partial charge in [0, 0.05) is 35.6 Å². The summed E-state index contributed by atoms with van der Waals surface area (Å²) in [5.41, 5.74) is 7.10. The number of likely N-dealkylation sites (tertiary alicyclic amines) is 1. The van der Waals surface area contributed by atoms with Gasteiger partial charge in [-0.25, -0.2) is 5.43 Å². The Bertz CT molecular complexity index is 931. The first-order valence-electron chi connectivity index (χ1n) is 9.53. The third kappa shape index (κ3) is 3.43. The molecule has 1 aromatic rings. The number of hydrogen-bond acceptors (Lipinski definition) is 6. The van der Waals surface area contributed by atoms with Gasteiger partial charge in [-0.05, 0) is 51.4 Å². The van der Waals surface area contributed by atoms with Gasteiger partial charge in [-0.2, -0.15) is 5.10 Å². The molecule has 4 rings (SSSR count). The number of nitrogens with zero attached hydrogens (tertiary/aromatic N) is 3. The zero-order chi connectivity index (χ0) is 19.7. The molecule has 3 aliphatic heterocycles. The SMILES string of the molecule is Cc1[nH]c(C=C2NC=CN=C2C2C=NNC2=O)c(C)c1C(=O)CN1CCCC1. The second-order valence-electron chi connectivity index (χ2n) is 7.33. The quantitative estimate of drug-likeness (QED) is 0.674. The Morgan fingerprint density at radius 3 is 2.82 bits per heavy atom. The van der Waals surface area contributed by atoms with Gasteiger partial charge < -0.3 is 10.3 Å². The normalized spacial score (nSPS) is 23.2. The molecule has 0 saturated carbocycles. The molecule has 1 aromatic heterocycles. The predicted molar refractivity (Wildman–Crippen MR) is 108 cm³/mol. The molecule has 1 amide bonds. The third-order valence-electron chi connectivity index (χ3n) is 5.39. The van der Waals surface area contributed by atoms with E-state index in [0.29, 0.717) is 18.0 Å². The summed E-state index contributed by atoms with van der Waals surface area (Å²) in [6.07, 6.45) is 9.10. The van der Waals surface area contributed by atoms with Crippen molar-refractivity contribution in [1.82, 2.24) is 20.6 Å². The van der Waals surface area contributed by atoms with Crippen LogP contribution in [0.2, 0.25) is 0 Å². The Kier molecular flexibility index (Phi) is 4.95. The van der Waals surface area contributed by atoms with Crippen LogP contribution < -0.4 is 10.7 Å². The molecular weight excluding hydrogens is 356 g/mol. The molecule has 3 aliphatic rings. The van der Waals surface area contributed by atoms with E-state index in [-0.39, 0.29) is 11.7 Å². The molecule has 3 N–H and O–H groups in total. The minimum absolute atomic E-state index is 0.144. The Balaban J connectivity index is 1.61. The number of H-pyrrole nitrogens is 1. The molecule has 0 aromatic carbocycles. The number of carbonyl (C=O) groups excluding carboxylic acids is 2. The van der Waals surface area contributed by atoms with Crippen LogP contribution in [-0.2, 0) is 4.79 Å². The lowest BCUT2D eigenvalue weighted by molar-refractivity contribution is -0.120. The van der Waals surface area contributed by atoms with Crippen LogP contribution in [0.4, 0.5) is 0 Å². The average molecular weight is 380 g/mol. The maximum atomic E-state index is 12.9. The van der Waals surface area contributed by atoms with Gasteiger partial charge in [0.15, 0.2) is 5.78 Å². The highest BCUT2D eigenvalue weighted by Gasteiger charge is 2.30. The summed E-state index contributed by atoms with van der Waals surface area (Å²) in [5, 5.41) is 6.98. The summed E-state index contributed by atoms with van der Waals surface area (Å²) in [4.78, 5) is 34.8. The van der Waals surface area contributed by atoms with Crippen molar-refractivity contribution in [3.8, 4) is 0 Å². The summed E-state index contributed by atoms with van der Waals surface area (Å²) in [5.74, 6) is -0.593. The van der Waals surface area contributed by atoms with Crippen LogP contribution in [0, 0.1) is 19.8 Å². The van der Waals surface area contributed by atoms with E-state index in [1.165, 1.54) is 0 Å². The molecule has 0 bridgehead atoms. The second-order valence-corrected chi connectivity index (χ2v) is 7.33. The van der Waals surface area contributed by atoms with E-state index < -0.39 is 5.92 Å². The fourth-order valence-corrected chi connectivity index (χ4v) is 3.96. The van der Waals surface area contributed by atoms with Gasteiger partial charge in [0.1, 0.15) is 5.92 Å². The minimum atomic E-state index is -0.531. The smallest absolute Gasteiger partial charge is 0.254 e. The number of amides is 1. The molecule has 8 heteroatoms. The number of aromatic nitrogens is 1. The zero-order valence-electron chi connectivity index (χ0n) is 16.1. The molecule has 28 heavy (non-hydrogen) atoms. The van der Waals surface area contributed by atoms with Crippen LogP contribution in [0.3, 0.4) is 0 Å². The molecule has 1 atom stereocenters. The van der Waals surface area contributed by atoms with E-state index in [1.807, 2.05) is 19.9 Å². The molecule has 0 aliphatic carbocycles. The zero-order valence-corrected chi connectivity index (χ0v) is 16.1. The number of rotatable bonds is 5. The fraction of sp³-hybridized carbons (Fsp3) is 0.400. The van der Waals surface area contributed by atoms with Gasteiger partial charge in [0.2, 0.25) is 0 Å². The van der Waals surface area contributed by atoms with Crippen LogP contribution in [0.1, 0.15) is 40.2 Å². The van der Waals surface area contributed by atoms with Crippen LogP contribution in [0.5, 0.6) is 0 Å². The number of carbonyl (C=O) groups is 2. The molecule has 1 fully saturated rings. The molecule has 0 spiro atoms. The lowest BCUT2D eigenvalue weighted by Crippen LogP contribution is -2.32. The Labute approximate surface area is 163 Å². The minimum Gasteiger partial charge on any atom is -0.359 e. The van der Waals surface area contributed by atoms with E-state index in [4.69, 9.17) is 0 Å². The highest BCUT2D eigenvalue weighted by atomic mass is 16.2. The number of hydrogen-bond donors (Lipinski definition) is 3. The first-order chi connectivity index (χ1) is 13.5. The van der Waals surface area contributed by atoms with Gasteiger partial charge in [0.25, 0.3) is 5.91 Å². The fourth-order valence-electron chi connectivity index (χ4n) is 3.96. The van der Waals surface area contributed by atoms with Crippen molar-refractivity contribution in [1.29, 1.82) is 0 Å². The topological polar surface area (TPSA) is 102 Å². The highest BCUT2D eigenvalue weighted by molar-refractivity contribution is 6.24. The maximum absolute atomic E-state index is 12.9. The van der Waals surface area contributed by atoms with Crippen LogP contribution >= 0.6 is 0 Å². The largest absolute Gasteiger partial charge is 0.359 e. The van der Waals surface area contributed by atoms with E-state index in [2.05, 4.69) is 30.7 Å².